The van der Waals surface area contributed by atoms with Gasteiger partial charge in [-0.05, 0) is 13.1 Å². The highest BCUT2D eigenvalue weighted by atomic mass is 16.5. The number of nitrogens with one attached hydrogen (secondary N) is 1. The summed E-state index contributed by atoms with van der Waals surface area (Å²) in [7, 11) is 3.26. The van der Waals surface area contributed by atoms with Crippen LogP contribution in [0.3, 0.4) is 0 Å². The smallest absolute Gasteiger partial charge is 0.324 e. The Bertz CT molecular complexity index is 591. The van der Waals surface area contributed by atoms with E-state index in [0.29, 0.717) is 32.5 Å². The molecule has 0 aromatic carbocycles. The second kappa shape index (κ2) is 7.31. The number of aryl methyl sites for hydroxylation is 1. The van der Waals surface area contributed by atoms with Crippen molar-refractivity contribution in [2.45, 2.75) is 32.0 Å². The zero-order valence-electron chi connectivity index (χ0n) is 14.3. The van der Waals surface area contributed by atoms with Crippen LogP contribution in [-0.2, 0) is 33.8 Å². The highest BCUT2D eigenvalue weighted by molar-refractivity contribution is 5.80. The van der Waals surface area contributed by atoms with Crippen molar-refractivity contribution in [1.82, 2.24) is 24.9 Å². The van der Waals surface area contributed by atoms with E-state index in [1.165, 1.54) is 12.8 Å². The third-order valence-electron chi connectivity index (χ3n) is 4.79. The van der Waals surface area contributed by atoms with Gasteiger partial charge in [-0.25, -0.2) is 0 Å². The maximum absolute atomic E-state index is 12.5. The van der Waals surface area contributed by atoms with Crippen molar-refractivity contribution < 1.29 is 14.3 Å². The summed E-state index contributed by atoms with van der Waals surface area (Å²) < 4.78 is 6.84. The minimum Gasteiger partial charge on any atom is -0.468 e. The van der Waals surface area contributed by atoms with Crippen LogP contribution < -0.4 is 5.32 Å². The molecule has 8 nitrogen and oxygen atoms in total. The van der Waals surface area contributed by atoms with E-state index < -0.39 is 0 Å². The summed E-state index contributed by atoms with van der Waals surface area (Å²) in [5.41, 5.74) is 2.13. The van der Waals surface area contributed by atoms with E-state index >= 15 is 0 Å². The Kier molecular flexibility index (Phi) is 5.15. The van der Waals surface area contributed by atoms with Gasteiger partial charge in [-0.15, -0.1) is 0 Å². The van der Waals surface area contributed by atoms with Crippen molar-refractivity contribution in [3.63, 3.8) is 0 Å². The molecule has 3 rings (SSSR count). The molecule has 2 aliphatic heterocycles. The third-order valence-corrected chi connectivity index (χ3v) is 4.79. The van der Waals surface area contributed by atoms with Gasteiger partial charge in [-0.3, -0.25) is 19.2 Å². The van der Waals surface area contributed by atoms with Crippen LogP contribution in [0.25, 0.3) is 0 Å². The van der Waals surface area contributed by atoms with E-state index in [-0.39, 0.29) is 17.9 Å². The first-order valence-electron chi connectivity index (χ1n) is 8.40. The van der Waals surface area contributed by atoms with Crippen LogP contribution in [-0.4, -0.2) is 77.8 Å². The normalized spacial score (nSPS) is 21.4. The minimum absolute atomic E-state index is 0.0705. The van der Waals surface area contributed by atoms with Crippen LogP contribution in [0.15, 0.2) is 6.07 Å². The summed E-state index contributed by atoms with van der Waals surface area (Å²) in [6.07, 6.45) is 1.05. The van der Waals surface area contributed by atoms with Gasteiger partial charge in [0.25, 0.3) is 0 Å². The summed E-state index contributed by atoms with van der Waals surface area (Å²) >= 11 is 0. The van der Waals surface area contributed by atoms with Crippen LogP contribution in [0.2, 0.25) is 0 Å². The van der Waals surface area contributed by atoms with Gasteiger partial charge >= 0.3 is 5.97 Å². The van der Waals surface area contributed by atoms with Crippen LogP contribution >= 0.6 is 0 Å². The number of ether oxygens (including phenoxy) is 1. The average molecular weight is 335 g/mol. The molecule has 1 aromatic heterocycles. The highest BCUT2D eigenvalue weighted by Crippen LogP contribution is 2.13. The molecule has 0 saturated carbocycles. The molecule has 0 radical (unpaired) electrons. The molecule has 0 bridgehead atoms. The first-order chi connectivity index (χ1) is 11.6. The Morgan fingerprint density at radius 1 is 1.38 bits per heavy atom. The lowest BCUT2D eigenvalue weighted by Gasteiger charge is -2.37. The number of esters is 1. The number of nitrogens with zero attached hydrogens (tertiary/aromatic N) is 4. The van der Waals surface area contributed by atoms with Gasteiger partial charge < -0.3 is 15.0 Å². The summed E-state index contributed by atoms with van der Waals surface area (Å²) in [6.45, 7) is 4.36. The van der Waals surface area contributed by atoms with Crippen molar-refractivity contribution >= 4 is 11.9 Å². The number of hydrogen-bond acceptors (Lipinski definition) is 6. The monoisotopic (exact) mass is 335 g/mol. The summed E-state index contributed by atoms with van der Waals surface area (Å²) in [5.74, 6) is -0.217. The van der Waals surface area contributed by atoms with Gasteiger partial charge in [0.2, 0.25) is 5.91 Å². The lowest BCUT2D eigenvalue weighted by molar-refractivity contribution is -0.150. The van der Waals surface area contributed by atoms with E-state index in [4.69, 9.17) is 4.74 Å². The Morgan fingerprint density at radius 2 is 2.21 bits per heavy atom. The van der Waals surface area contributed by atoms with Gasteiger partial charge in [0.1, 0.15) is 6.04 Å². The van der Waals surface area contributed by atoms with Crippen molar-refractivity contribution in [2.24, 2.45) is 0 Å². The minimum atomic E-state index is -0.376. The number of rotatable bonds is 4. The summed E-state index contributed by atoms with van der Waals surface area (Å²) in [4.78, 5) is 28.0. The third kappa shape index (κ3) is 3.59. The van der Waals surface area contributed by atoms with Gasteiger partial charge in [0.15, 0.2) is 0 Å². The molecule has 1 N–H and O–H groups in total. The number of piperazine rings is 1. The van der Waals surface area contributed by atoms with E-state index in [1.54, 1.807) is 4.90 Å². The Hall–Kier alpha value is -1.93. The molecule has 2 aliphatic rings. The van der Waals surface area contributed by atoms with Crippen LogP contribution in [0.5, 0.6) is 0 Å². The van der Waals surface area contributed by atoms with Gasteiger partial charge in [-0.2, -0.15) is 5.10 Å². The van der Waals surface area contributed by atoms with E-state index in [1.807, 2.05) is 16.6 Å². The maximum Gasteiger partial charge on any atom is 0.324 e. The highest BCUT2D eigenvalue weighted by Gasteiger charge is 2.32. The largest absolute Gasteiger partial charge is 0.468 e. The summed E-state index contributed by atoms with van der Waals surface area (Å²) in [6, 6.07) is 1.69. The molecule has 24 heavy (non-hydrogen) atoms. The number of hydrogen-bond donors (Lipinski definition) is 1. The SMILES string of the molecule is COC(=O)[C@@H]1CN(C(=O)CCc2cc3n(n2)CCNC3)CCN1C. The van der Waals surface area contributed by atoms with Crippen molar-refractivity contribution in [3.8, 4) is 0 Å². The predicted octanol–water partition coefficient (Wildman–Crippen LogP) is -0.765. The molecule has 1 saturated heterocycles. The molecule has 3 heterocycles. The number of methoxy groups -OCH3 is 1. The molecular formula is C16H25N5O3. The topological polar surface area (TPSA) is 79.7 Å². The van der Waals surface area contributed by atoms with Crippen LogP contribution in [0, 0.1) is 0 Å². The zero-order valence-corrected chi connectivity index (χ0v) is 14.3. The molecule has 0 spiro atoms. The predicted molar refractivity (Wildman–Crippen MR) is 87.3 cm³/mol. The second-order valence-corrected chi connectivity index (χ2v) is 6.39. The van der Waals surface area contributed by atoms with Crippen molar-refractivity contribution in [2.75, 3.05) is 40.3 Å². The van der Waals surface area contributed by atoms with Crippen molar-refractivity contribution in [1.29, 1.82) is 0 Å². The number of carbonyl (C=O) groups is 2. The van der Waals surface area contributed by atoms with Gasteiger partial charge in [0.05, 0.1) is 25.0 Å². The fourth-order valence-electron chi connectivity index (χ4n) is 3.26. The van der Waals surface area contributed by atoms with Crippen LogP contribution in [0.1, 0.15) is 17.8 Å². The molecule has 1 fully saturated rings. The van der Waals surface area contributed by atoms with Crippen LogP contribution in [0.4, 0.5) is 0 Å². The molecule has 1 amide bonds. The number of carbonyl (C=O) groups excluding carboxylic acids is 2. The molecule has 0 aliphatic carbocycles. The standard InChI is InChI=1S/C16H25N5O3/c1-19-7-8-20(11-14(19)16(23)24-2)15(22)4-3-12-9-13-10-17-5-6-21(13)18-12/h9,14,17H,3-8,10-11H2,1-2H3/t14-/m0/s1. The second-order valence-electron chi connectivity index (χ2n) is 6.39. The van der Waals surface area contributed by atoms with Crippen molar-refractivity contribution in [3.05, 3.63) is 17.5 Å². The first kappa shape index (κ1) is 16.9. The average Bonchev–Trinajstić information content (AvgIpc) is 3.02. The van der Waals surface area contributed by atoms with E-state index in [2.05, 4.69) is 16.5 Å². The number of fused-ring (bicyclic) bond motifs is 1. The molecular weight excluding hydrogens is 310 g/mol. The lowest BCUT2D eigenvalue weighted by atomic mass is 10.1. The zero-order chi connectivity index (χ0) is 17.1. The Morgan fingerprint density at radius 3 is 2.96 bits per heavy atom. The molecule has 132 valence electrons. The number of aromatic nitrogens is 2. The number of amides is 1. The van der Waals surface area contributed by atoms with Gasteiger partial charge in [-0.1, -0.05) is 0 Å². The number of likely N-dealkylation sites (N-methyl/N-ethyl adjacent to an activating group) is 1. The Balaban J connectivity index is 1.55. The quantitative estimate of drug-likeness (QED) is 0.728. The molecule has 8 heteroatoms. The van der Waals surface area contributed by atoms with E-state index in [0.717, 1.165) is 25.3 Å². The maximum atomic E-state index is 12.5. The lowest BCUT2D eigenvalue weighted by Crippen LogP contribution is -2.56. The molecule has 1 atom stereocenters. The van der Waals surface area contributed by atoms with E-state index in [9.17, 15) is 9.59 Å². The van der Waals surface area contributed by atoms with Gasteiger partial charge in [0, 0.05) is 45.6 Å². The fourth-order valence-corrected chi connectivity index (χ4v) is 3.26. The molecule has 1 aromatic rings. The fraction of sp³-hybridized carbons (Fsp3) is 0.688. The first-order valence-corrected chi connectivity index (χ1v) is 8.40. The summed E-state index contributed by atoms with van der Waals surface area (Å²) in [5, 5.41) is 7.87. The molecule has 0 unspecified atom stereocenters. The Labute approximate surface area is 141 Å².